The molecule has 0 aromatic carbocycles. The summed E-state index contributed by atoms with van der Waals surface area (Å²) in [5.41, 5.74) is 0. The molecule has 0 bridgehead atoms. The molecule has 6 nitrogen and oxygen atoms in total. The summed E-state index contributed by atoms with van der Waals surface area (Å²) in [6.07, 6.45) is 5.81. The first-order valence-electron chi connectivity index (χ1n) is 9.26. The van der Waals surface area contributed by atoms with Crippen molar-refractivity contribution in [2.45, 2.75) is 77.6 Å². The van der Waals surface area contributed by atoms with Crippen LogP contribution in [0.4, 0.5) is 0 Å². The van der Waals surface area contributed by atoms with Gasteiger partial charge >= 0.3 is 0 Å². The lowest BCUT2D eigenvalue weighted by atomic mass is 10.1. The summed E-state index contributed by atoms with van der Waals surface area (Å²) in [5.74, 6) is 0. The predicted molar refractivity (Wildman–Crippen MR) is 96.5 cm³/mol. The normalized spacial score (nSPS) is 15.5. The molecule has 0 aromatic heterocycles. The van der Waals surface area contributed by atoms with Gasteiger partial charge < -0.3 is 24.2 Å². The Bertz CT molecular complexity index is 289. The third kappa shape index (κ3) is 11.8. The van der Waals surface area contributed by atoms with Crippen LogP contribution in [0.2, 0.25) is 0 Å². The topological polar surface area (TPSA) is 69.5 Å². The Morgan fingerprint density at radius 3 is 2.08 bits per heavy atom. The average Bonchev–Trinajstić information content (AvgIpc) is 2.59. The molecule has 0 aromatic rings. The van der Waals surface area contributed by atoms with Crippen LogP contribution >= 0.6 is 0 Å². The highest BCUT2D eigenvalue weighted by molar-refractivity contribution is 5.63. The fourth-order valence-electron chi connectivity index (χ4n) is 2.04. The SMILES string of the molecule is CCCCOC[C@@H](O)[C@@H](OCCCC)[C@H](C=NOC)OCCCC. The van der Waals surface area contributed by atoms with Crippen molar-refractivity contribution in [3.63, 3.8) is 0 Å². The van der Waals surface area contributed by atoms with Crippen molar-refractivity contribution in [2.75, 3.05) is 33.5 Å². The fraction of sp³-hybridized carbons (Fsp3) is 0.944. The van der Waals surface area contributed by atoms with Crippen molar-refractivity contribution >= 4 is 6.21 Å². The van der Waals surface area contributed by atoms with Crippen molar-refractivity contribution in [2.24, 2.45) is 5.16 Å². The fourth-order valence-corrected chi connectivity index (χ4v) is 2.04. The van der Waals surface area contributed by atoms with E-state index in [2.05, 4.69) is 25.9 Å². The molecule has 0 radical (unpaired) electrons. The van der Waals surface area contributed by atoms with Crippen LogP contribution in [-0.2, 0) is 19.0 Å². The summed E-state index contributed by atoms with van der Waals surface area (Å²) in [6, 6.07) is 0. The molecule has 3 atom stereocenters. The molecule has 0 aliphatic rings. The van der Waals surface area contributed by atoms with Gasteiger partial charge in [-0.15, -0.1) is 0 Å². The molecule has 0 fully saturated rings. The standard InChI is InChI=1S/C18H37NO5/c1-5-8-11-22-15-16(20)18(24-13-10-7-3)17(14-19-21-4)23-12-9-6-2/h14,16-18,20H,5-13,15H2,1-4H3/t16-,17+,18-/m1/s1. The van der Waals surface area contributed by atoms with Crippen molar-refractivity contribution in [1.82, 2.24) is 0 Å². The van der Waals surface area contributed by atoms with E-state index in [9.17, 15) is 5.11 Å². The number of hydrogen-bond acceptors (Lipinski definition) is 6. The molecular weight excluding hydrogens is 310 g/mol. The minimum Gasteiger partial charge on any atom is -0.399 e. The number of hydrogen-bond donors (Lipinski definition) is 1. The van der Waals surface area contributed by atoms with E-state index in [4.69, 9.17) is 19.0 Å². The molecule has 0 heterocycles. The third-order valence-electron chi connectivity index (χ3n) is 3.56. The van der Waals surface area contributed by atoms with Gasteiger partial charge in [0.2, 0.25) is 0 Å². The maximum Gasteiger partial charge on any atom is 0.125 e. The van der Waals surface area contributed by atoms with E-state index in [-0.39, 0.29) is 6.61 Å². The number of aliphatic hydroxyl groups is 1. The van der Waals surface area contributed by atoms with Gasteiger partial charge in [-0.2, -0.15) is 0 Å². The molecule has 0 saturated carbocycles. The lowest BCUT2D eigenvalue weighted by Crippen LogP contribution is -2.45. The minimum absolute atomic E-state index is 0.227. The highest BCUT2D eigenvalue weighted by Crippen LogP contribution is 2.12. The van der Waals surface area contributed by atoms with Crippen molar-refractivity contribution < 1.29 is 24.2 Å². The first kappa shape index (κ1) is 23.3. The second-order valence-corrected chi connectivity index (χ2v) is 5.81. The number of oxime groups is 1. The Morgan fingerprint density at radius 2 is 1.50 bits per heavy atom. The summed E-state index contributed by atoms with van der Waals surface area (Å²) in [7, 11) is 1.48. The summed E-state index contributed by atoms with van der Waals surface area (Å²) in [5, 5.41) is 14.3. The van der Waals surface area contributed by atoms with Crippen molar-refractivity contribution in [3.05, 3.63) is 0 Å². The number of aliphatic hydroxyl groups excluding tert-OH is 1. The van der Waals surface area contributed by atoms with Crippen molar-refractivity contribution in [1.29, 1.82) is 0 Å². The van der Waals surface area contributed by atoms with Gasteiger partial charge in [-0.05, 0) is 19.3 Å². The highest BCUT2D eigenvalue weighted by atomic mass is 16.6. The van der Waals surface area contributed by atoms with E-state index in [1.165, 1.54) is 7.11 Å². The van der Waals surface area contributed by atoms with E-state index in [1.807, 2.05) is 0 Å². The zero-order valence-electron chi connectivity index (χ0n) is 15.9. The molecule has 0 unspecified atom stereocenters. The number of ether oxygens (including phenoxy) is 3. The molecule has 0 aliphatic heterocycles. The molecule has 0 aliphatic carbocycles. The lowest BCUT2D eigenvalue weighted by Gasteiger charge is -2.28. The van der Waals surface area contributed by atoms with Gasteiger partial charge in [0.05, 0.1) is 12.8 Å². The summed E-state index contributed by atoms with van der Waals surface area (Å²) < 4.78 is 17.3. The molecule has 144 valence electrons. The zero-order valence-corrected chi connectivity index (χ0v) is 15.9. The van der Waals surface area contributed by atoms with Crippen LogP contribution in [0.3, 0.4) is 0 Å². The predicted octanol–water partition coefficient (Wildman–Crippen LogP) is 3.17. The van der Waals surface area contributed by atoms with E-state index in [0.717, 1.165) is 38.5 Å². The molecule has 0 amide bonds. The number of rotatable bonds is 17. The Labute approximate surface area is 147 Å². The van der Waals surface area contributed by atoms with Gasteiger partial charge in [0.25, 0.3) is 0 Å². The van der Waals surface area contributed by atoms with Gasteiger partial charge in [-0.3, -0.25) is 0 Å². The maximum absolute atomic E-state index is 10.5. The average molecular weight is 347 g/mol. The molecule has 0 saturated heterocycles. The molecule has 6 heteroatoms. The maximum atomic E-state index is 10.5. The largest absolute Gasteiger partial charge is 0.399 e. The second kappa shape index (κ2) is 17.1. The molecule has 24 heavy (non-hydrogen) atoms. The van der Waals surface area contributed by atoms with Crippen LogP contribution in [0.5, 0.6) is 0 Å². The highest BCUT2D eigenvalue weighted by Gasteiger charge is 2.29. The minimum atomic E-state index is -0.770. The smallest absolute Gasteiger partial charge is 0.125 e. The first-order valence-corrected chi connectivity index (χ1v) is 9.26. The van der Waals surface area contributed by atoms with Gasteiger partial charge in [0, 0.05) is 19.8 Å². The Hall–Kier alpha value is -0.690. The van der Waals surface area contributed by atoms with Crippen LogP contribution < -0.4 is 0 Å². The molecular formula is C18H37NO5. The van der Waals surface area contributed by atoms with E-state index >= 15 is 0 Å². The molecule has 0 rings (SSSR count). The van der Waals surface area contributed by atoms with Crippen LogP contribution in [0.15, 0.2) is 5.16 Å². The monoisotopic (exact) mass is 347 g/mol. The van der Waals surface area contributed by atoms with Gasteiger partial charge in [-0.1, -0.05) is 45.2 Å². The number of nitrogens with zero attached hydrogens (tertiary/aromatic N) is 1. The van der Waals surface area contributed by atoms with Crippen LogP contribution in [0, 0.1) is 0 Å². The summed E-state index contributed by atoms with van der Waals surface area (Å²) >= 11 is 0. The number of unbranched alkanes of at least 4 members (excludes halogenated alkanes) is 3. The summed E-state index contributed by atoms with van der Waals surface area (Å²) in [6.45, 7) is 8.34. The van der Waals surface area contributed by atoms with Crippen molar-refractivity contribution in [3.8, 4) is 0 Å². The van der Waals surface area contributed by atoms with Gasteiger partial charge in [-0.25, -0.2) is 0 Å². The Kier molecular flexibility index (Phi) is 16.7. The quantitative estimate of drug-likeness (QED) is 0.249. The van der Waals surface area contributed by atoms with E-state index in [1.54, 1.807) is 6.21 Å². The van der Waals surface area contributed by atoms with Crippen LogP contribution in [-0.4, -0.2) is 63.2 Å². The van der Waals surface area contributed by atoms with Crippen LogP contribution in [0.1, 0.15) is 59.3 Å². The van der Waals surface area contributed by atoms with Gasteiger partial charge in [0.15, 0.2) is 0 Å². The lowest BCUT2D eigenvalue weighted by molar-refractivity contribution is -0.118. The van der Waals surface area contributed by atoms with Gasteiger partial charge in [0.1, 0.15) is 25.4 Å². The summed E-state index contributed by atoms with van der Waals surface area (Å²) in [4.78, 5) is 4.77. The van der Waals surface area contributed by atoms with Crippen LogP contribution in [0.25, 0.3) is 0 Å². The van der Waals surface area contributed by atoms with E-state index in [0.29, 0.717) is 19.8 Å². The zero-order chi connectivity index (χ0) is 18.0. The Balaban J connectivity index is 4.73. The second-order valence-electron chi connectivity index (χ2n) is 5.81. The Morgan fingerprint density at radius 1 is 0.917 bits per heavy atom. The first-order chi connectivity index (χ1) is 11.7. The molecule has 1 N–H and O–H groups in total. The van der Waals surface area contributed by atoms with E-state index < -0.39 is 18.3 Å². The molecule has 0 spiro atoms. The third-order valence-corrected chi connectivity index (χ3v) is 3.56.